The monoisotopic (exact) mass is 929 g/mol. The van der Waals surface area contributed by atoms with E-state index in [1.165, 1.54) is 12.1 Å². The molecule has 7 N–H and O–H groups in total. The Kier molecular flexibility index (Phi) is 17.7. The Bertz CT molecular complexity index is 2270. The average molecular weight is 930 g/mol. The number of phenols is 1. The zero-order chi connectivity index (χ0) is 49.9. The first-order chi connectivity index (χ1) is 31.2. The molecule has 3 aromatic rings. The molecule has 0 bridgehead atoms. The van der Waals surface area contributed by atoms with Crippen molar-refractivity contribution in [2.75, 3.05) is 6.54 Å². The third-order valence-electron chi connectivity index (χ3n) is 10.7. The Balaban J connectivity index is 1.57. The van der Waals surface area contributed by atoms with Gasteiger partial charge in [-0.2, -0.15) is 0 Å². The zero-order valence-corrected chi connectivity index (χ0v) is 40.1. The van der Waals surface area contributed by atoms with E-state index in [1.807, 2.05) is 24.3 Å². The van der Waals surface area contributed by atoms with E-state index < -0.39 is 94.2 Å². The molecule has 364 valence electrons. The van der Waals surface area contributed by atoms with Gasteiger partial charge in [-0.1, -0.05) is 73.9 Å². The molecule has 17 heteroatoms. The van der Waals surface area contributed by atoms with Crippen LogP contribution in [-0.4, -0.2) is 93.5 Å². The first-order valence-electron chi connectivity index (χ1n) is 22.6. The minimum Gasteiger partial charge on any atom is -0.507 e. The standard InChI is InChI=1S/C50H67N5O12/c1-47(2,3)65-43(61)39(44(62)66-48(4,5)6)32-23-21-30(22-24-32)28-35(53-42(60)45(63)67-49(7,8)9)41(59)55-50(25-11-10-12-26-50)46(64)54-36(29-38(51)57)40(58)52-27-15-17-31-16-13-19-34-33(31)18-14-20-37(34)56/h13-14,16,18-24,35-36,39,56H,10-12,15,17,25-29H2,1-9H3,(H2,51,57)(H,52,58)(H,53,60)(H,54,64)(H,55,59)/t35-,36-/m0/s1. The third-order valence-corrected chi connectivity index (χ3v) is 10.7. The molecule has 1 aliphatic carbocycles. The number of carbonyl (C=O) groups is 8. The van der Waals surface area contributed by atoms with E-state index in [9.17, 15) is 43.5 Å². The predicted molar refractivity (Wildman–Crippen MR) is 249 cm³/mol. The lowest BCUT2D eigenvalue weighted by Crippen LogP contribution is -2.65. The number of carbonyl (C=O) groups excluding carboxylic acids is 8. The molecule has 0 aromatic heterocycles. The molecule has 0 radical (unpaired) electrons. The van der Waals surface area contributed by atoms with Gasteiger partial charge in [-0.15, -0.1) is 0 Å². The van der Waals surface area contributed by atoms with E-state index in [2.05, 4.69) is 21.3 Å². The van der Waals surface area contributed by atoms with Crippen LogP contribution in [0, 0.1) is 0 Å². The maximum absolute atomic E-state index is 14.4. The minimum atomic E-state index is -1.60. The number of primary amides is 1. The highest BCUT2D eigenvalue weighted by Gasteiger charge is 2.44. The quantitative estimate of drug-likeness (QED) is 0.0357. The van der Waals surface area contributed by atoms with Crippen molar-refractivity contribution < 1.29 is 57.7 Å². The van der Waals surface area contributed by atoms with Crippen LogP contribution in [0.3, 0.4) is 0 Å². The number of fused-ring (bicyclic) bond motifs is 1. The van der Waals surface area contributed by atoms with Gasteiger partial charge < -0.3 is 46.3 Å². The van der Waals surface area contributed by atoms with Gasteiger partial charge in [0.2, 0.25) is 23.6 Å². The Morgan fingerprint density at radius 1 is 0.687 bits per heavy atom. The number of benzene rings is 3. The lowest BCUT2D eigenvalue weighted by molar-refractivity contribution is -0.169. The Morgan fingerprint density at radius 3 is 1.82 bits per heavy atom. The molecule has 3 aromatic carbocycles. The highest BCUT2D eigenvalue weighted by Crippen LogP contribution is 2.31. The second-order valence-corrected chi connectivity index (χ2v) is 20.0. The SMILES string of the molecule is CC(C)(C)OC(=O)C(=O)N[C@@H](Cc1ccc(C(C(=O)OC(C)(C)C)C(=O)OC(C)(C)C)cc1)C(=O)NC1(C(=O)N[C@@H](CC(N)=O)C(=O)NCCCc2cccc3c(O)cccc23)CCCCC1. The largest absolute Gasteiger partial charge is 0.507 e. The minimum absolute atomic E-state index is 0.147. The predicted octanol–water partition coefficient (Wildman–Crippen LogP) is 4.61. The second-order valence-electron chi connectivity index (χ2n) is 20.0. The van der Waals surface area contributed by atoms with Gasteiger partial charge in [0, 0.05) is 18.4 Å². The molecular weight excluding hydrogens is 863 g/mol. The number of phenolic OH excluding ortho intramolecular Hbond substituents is 1. The highest BCUT2D eigenvalue weighted by atomic mass is 16.6. The number of nitrogens with one attached hydrogen (secondary N) is 4. The molecule has 0 unspecified atom stereocenters. The number of rotatable bonds is 17. The summed E-state index contributed by atoms with van der Waals surface area (Å²) < 4.78 is 16.4. The Hall–Kier alpha value is -6.52. The van der Waals surface area contributed by atoms with Crippen LogP contribution < -0.4 is 27.0 Å². The summed E-state index contributed by atoms with van der Waals surface area (Å²) in [6, 6.07) is 14.0. The van der Waals surface area contributed by atoms with Gasteiger partial charge in [0.15, 0.2) is 5.92 Å². The lowest BCUT2D eigenvalue weighted by atomic mass is 9.80. The fourth-order valence-corrected chi connectivity index (χ4v) is 7.71. The topological polar surface area (TPSA) is 259 Å². The summed E-state index contributed by atoms with van der Waals surface area (Å²) in [5.41, 5.74) is 2.69. The van der Waals surface area contributed by atoms with E-state index in [0.29, 0.717) is 36.6 Å². The molecule has 17 nitrogen and oxygen atoms in total. The van der Waals surface area contributed by atoms with Crippen molar-refractivity contribution in [3.8, 4) is 5.75 Å². The Labute approximate surface area is 392 Å². The molecule has 4 rings (SSSR count). The summed E-state index contributed by atoms with van der Waals surface area (Å²) in [7, 11) is 0. The van der Waals surface area contributed by atoms with Crippen LogP contribution in [0.25, 0.3) is 10.8 Å². The highest BCUT2D eigenvalue weighted by molar-refractivity contribution is 6.33. The van der Waals surface area contributed by atoms with Crippen LogP contribution in [-0.2, 0) is 65.4 Å². The van der Waals surface area contributed by atoms with Gasteiger partial charge in [0.25, 0.3) is 0 Å². The van der Waals surface area contributed by atoms with Gasteiger partial charge in [-0.3, -0.25) is 33.6 Å². The number of amides is 5. The summed E-state index contributed by atoms with van der Waals surface area (Å²) in [5.74, 6) is -8.51. The molecule has 0 spiro atoms. The molecule has 67 heavy (non-hydrogen) atoms. The number of esters is 3. The van der Waals surface area contributed by atoms with E-state index in [0.717, 1.165) is 17.4 Å². The normalized spacial score (nSPS) is 14.8. The van der Waals surface area contributed by atoms with Gasteiger partial charge in [0.05, 0.1) is 6.42 Å². The molecular formula is C50H67N5O12. The van der Waals surface area contributed by atoms with E-state index in [1.54, 1.807) is 86.6 Å². The summed E-state index contributed by atoms with van der Waals surface area (Å²) in [6.45, 7) is 14.9. The van der Waals surface area contributed by atoms with Crippen molar-refractivity contribution in [3.05, 3.63) is 77.4 Å². The van der Waals surface area contributed by atoms with Gasteiger partial charge in [0.1, 0.15) is 40.2 Å². The molecule has 0 saturated heterocycles. The maximum atomic E-state index is 14.4. The smallest absolute Gasteiger partial charge is 0.397 e. The molecule has 1 aliphatic rings. The number of aryl methyl sites for hydroxylation is 1. The molecule has 2 atom stereocenters. The van der Waals surface area contributed by atoms with Gasteiger partial charge >= 0.3 is 23.8 Å². The summed E-state index contributed by atoms with van der Waals surface area (Å²) in [6.07, 6.45) is 2.35. The number of nitrogens with two attached hydrogens (primary N) is 1. The lowest BCUT2D eigenvalue weighted by Gasteiger charge is -2.38. The van der Waals surface area contributed by atoms with E-state index >= 15 is 0 Å². The maximum Gasteiger partial charge on any atom is 0.397 e. The van der Waals surface area contributed by atoms with Gasteiger partial charge in [-0.05, 0) is 116 Å². The summed E-state index contributed by atoms with van der Waals surface area (Å²) in [5, 5.41) is 22.6. The van der Waals surface area contributed by atoms with Crippen molar-refractivity contribution in [1.29, 1.82) is 0 Å². The van der Waals surface area contributed by atoms with Crippen LogP contribution in [0.1, 0.15) is 130 Å². The first kappa shape index (κ1) is 53.1. The van der Waals surface area contributed by atoms with Crippen molar-refractivity contribution in [2.45, 2.75) is 160 Å². The number of hydrogen-bond donors (Lipinski definition) is 6. The molecule has 0 aliphatic heterocycles. The summed E-state index contributed by atoms with van der Waals surface area (Å²) in [4.78, 5) is 107. The molecule has 5 amide bonds. The zero-order valence-electron chi connectivity index (χ0n) is 40.1. The number of hydrogen-bond acceptors (Lipinski definition) is 12. The average Bonchev–Trinajstić information content (AvgIpc) is 3.21. The molecule has 1 fully saturated rings. The number of aromatic hydroxyl groups is 1. The van der Waals surface area contributed by atoms with Crippen molar-refractivity contribution >= 4 is 58.2 Å². The van der Waals surface area contributed by atoms with Crippen LogP contribution in [0.2, 0.25) is 0 Å². The van der Waals surface area contributed by atoms with Crippen LogP contribution in [0.15, 0.2) is 60.7 Å². The van der Waals surface area contributed by atoms with Gasteiger partial charge in [-0.25, -0.2) is 4.79 Å². The fraction of sp³-hybridized carbons (Fsp3) is 0.520. The Morgan fingerprint density at radius 2 is 1.25 bits per heavy atom. The molecule has 1 saturated carbocycles. The molecule has 0 heterocycles. The van der Waals surface area contributed by atoms with Crippen LogP contribution in [0.4, 0.5) is 0 Å². The van der Waals surface area contributed by atoms with Crippen LogP contribution >= 0.6 is 0 Å². The third kappa shape index (κ3) is 16.1. The van der Waals surface area contributed by atoms with E-state index in [4.69, 9.17) is 19.9 Å². The van der Waals surface area contributed by atoms with Crippen LogP contribution in [0.5, 0.6) is 5.75 Å². The summed E-state index contributed by atoms with van der Waals surface area (Å²) >= 11 is 0. The van der Waals surface area contributed by atoms with Crippen molar-refractivity contribution in [2.24, 2.45) is 5.73 Å². The van der Waals surface area contributed by atoms with Crippen molar-refractivity contribution in [1.82, 2.24) is 21.3 Å². The fourth-order valence-electron chi connectivity index (χ4n) is 7.71. The van der Waals surface area contributed by atoms with E-state index in [-0.39, 0.29) is 37.1 Å². The first-order valence-corrected chi connectivity index (χ1v) is 22.6. The van der Waals surface area contributed by atoms with Crippen molar-refractivity contribution in [3.63, 3.8) is 0 Å². The second kappa shape index (κ2) is 22.3. The number of ether oxygens (including phenoxy) is 3.